The van der Waals surface area contributed by atoms with Gasteiger partial charge < -0.3 is 0 Å². The zero-order valence-electron chi connectivity index (χ0n) is 10.4. The molecule has 0 spiro atoms. The van der Waals surface area contributed by atoms with Gasteiger partial charge in [-0.1, -0.05) is 36.2 Å². The van der Waals surface area contributed by atoms with Gasteiger partial charge in [0.1, 0.15) is 0 Å². The molecule has 1 aromatic heterocycles. The molecule has 2 nitrogen and oxygen atoms in total. The second-order valence-corrected chi connectivity index (χ2v) is 5.36. The lowest BCUT2D eigenvalue weighted by molar-refractivity contribution is 0.699. The molecule has 0 fully saturated rings. The third-order valence-electron chi connectivity index (χ3n) is 3.71. The number of aromatic nitrogens is 2. The zero-order valence-corrected chi connectivity index (χ0v) is 11.1. The molecular formula is C15H17ClN2. The van der Waals surface area contributed by atoms with Gasteiger partial charge in [0.25, 0.3) is 0 Å². The second-order valence-electron chi connectivity index (χ2n) is 4.96. The molecule has 2 aromatic rings. The van der Waals surface area contributed by atoms with E-state index in [9.17, 15) is 0 Å². The standard InChI is InChI=1S/C15H17ClN2/c16-13-8-5-4-6-11(13)10-15-12-7-2-1-3-9-14(12)17-18-15/h4-6,8H,1-3,7,9-10H2,(H,17,18). The summed E-state index contributed by atoms with van der Waals surface area (Å²) < 4.78 is 0. The van der Waals surface area contributed by atoms with Crippen molar-refractivity contribution in [1.29, 1.82) is 0 Å². The highest BCUT2D eigenvalue weighted by Crippen LogP contribution is 2.25. The van der Waals surface area contributed by atoms with Gasteiger partial charge in [0.05, 0.1) is 5.69 Å². The Morgan fingerprint density at radius 2 is 1.94 bits per heavy atom. The maximum atomic E-state index is 6.22. The highest BCUT2D eigenvalue weighted by molar-refractivity contribution is 6.31. The van der Waals surface area contributed by atoms with Crippen LogP contribution >= 0.6 is 11.6 Å². The van der Waals surface area contributed by atoms with Crippen molar-refractivity contribution in [3.63, 3.8) is 0 Å². The Balaban J connectivity index is 1.89. The fraction of sp³-hybridized carbons (Fsp3) is 0.400. The quantitative estimate of drug-likeness (QED) is 0.815. The average molecular weight is 261 g/mol. The van der Waals surface area contributed by atoms with Crippen molar-refractivity contribution < 1.29 is 0 Å². The summed E-state index contributed by atoms with van der Waals surface area (Å²) in [6.07, 6.45) is 7.03. The van der Waals surface area contributed by atoms with E-state index in [4.69, 9.17) is 11.6 Å². The average Bonchev–Trinajstić information content (AvgIpc) is 2.62. The first-order valence-corrected chi connectivity index (χ1v) is 7.01. The number of hydrogen-bond acceptors (Lipinski definition) is 1. The number of rotatable bonds is 2. The SMILES string of the molecule is Clc1ccccc1Cc1n[nH]c2c1CCCCC2. The first kappa shape index (κ1) is 11.8. The van der Waals surface area contributed by atoms with Crippen LogP contribution in [0.4, 0.5) is 0 Å². The van der Waals surface area contributed by atoms with Gasteiger partial charge in [-0.3, -0.25) is 5.10 Å². The van der Waals surface area contributed by atoms with Crippen molar-refractivity contribution >= 4 is 11.6 Å². The number of hydrogen-bond donors (Lipinski definition) is 1. The third kappa shape index (κ3) is 2.30. The van der Waals surface area contributed by atoms with Crippen molar-refractivity contribution in [3.05, 3.63) is 51.8 Å². The molecule has 3 rings (SSSR count). The Kier molecular flexibility index (Phi) is 3.37. The largest absolute Gasteiger partial charge is 0.282 e. The molecule has 0 saturated carbocycles. The second kappa shape index (κ2) is 5.15. The number of aromatic amines is 1. The molecule has 94 valence electrons. The van der Waals surface area contributed by atoms with E-state index in [0.717, 1.165) is 29.8 Å². The van der Waals surface area contributed by atoms with E-state index in [1.54, 1.807) is 0 Å². The molecule has 0 saturated heterocycles. The first-order chi connectivity index (χ1) is 8.84. The summed E-state index contributed by atoms with van der Waals surface area (Å²) in [4.78, 5) is 0. The maximum Gasteiger partial charge on any atom is 0.0701 e. The third-order valence-corrected chi connectivity index (χ3v) is 4.08. The highest BCUT2D eigenvalue weighted by Gasteiger charge is 2.16. The van der Waals surface area contributed by atoms with Gasteiger partial charge in [0, 0.05) is 17.1 Å². The minimum Gasteiger partial charge on any atom is -0.282 e. The molecule has 1 heterocycles. The van der Waals surface area contributed by atoms with Crippen LogP contribution in [0.25, 0.3) is 0 Å². The summed E-state index contributed by atoms with van der Waals surface area (Å²) >= 11 is 6.22. The predicted octanol–water partition coefficient (Wildman–Crippen LogP) is 3.92. The van der Waals surface area contributed by atoms with Crippen molar-refractivity contribution in [2.75, 3.05) is 0 Å². The molecule has 0 aliphatic heterocycles. The Bertz CT molecular complexity index is 545. The molecule has 0 unspecified atom stereocenters. The number of halogens is 1. The molecule has 0 amide bonds. The number of aryl methyl sites for hydroxylation is 1. The van der Waals surface area contributed by atoms with Gasteiger partial charge in [0.2, 0.25) is 0 Å². The van der Waals surface area contributed by atoms with Gasteiger partial charge in [-0.2, -0.15) is 5.10 Å². The lowest BCUT2D eigenvalue weighted by atomic mass is 10.0. The molecule has 0 radical (unpaired) electrons. The van der Waals surface area contributed by atoms with E-state index in [-0.39, 0.29) is 0 Å². The number of nitrogens with one attached hydrogen (secondary N) is 1. The molecule has 18 heavy (non-hydrogen) atoms. The number of H-pyrrole nitrogens is 1. The molecule has 1 aliphatic carbocycles. The van der Waals surface area contributed by atoms with E-state index in [0.29, 0.717) is 0 Å². The van der Waals surface area contributed by atoms with Gasteiger partial charge in [-0.05, 0) is 42.9 Å². The van der Waals surface area contributed by atoms with Gasteiger partial charge in [-0.15, -0.1) is 0 Å². The van der Waals surface area contributed by atoms with Crippen LogP contribution in [0.3, 0.4) is 0 Å². The maximum absolute atomic E-state index is 6.22. The van der Waals surface area contributed by atoms with Crippen LogP contribution in [-0.4, -0.2) is 10.2 Å². The first-order valence-electron chi connectivity index (χ1n) is 6.63. The summed E-state index contributed by atoms with van der Waals surface area (Å²) in [5, 5.41) is 8.54. The monoisotopic (exact) mass is 260 g/mol. The summed E-state index contributed by atoms with van der Waals surface area (Å²) in [5.41, 5.74) is 5.12. The van der Waals surface area contributed by atoms with Gasteiger partial charge in [-0.25, -0.2) is 0 Å². The van der Waals surface area contributed by atoms with E-state index in [2.05, 4.69) is 16.3 Å². The highest BCUT2D eigenvalue weighted by atomic mass is 35.5. The normalized spacial score (nSPS) is 15.2. The van der Waals surface area contributed by atoms with Gasteiger partial charge in [0.15, 0.2) is 0 Å². The van der Waals surface area contributed by atoms with Crippen LogP contribution < -0.4 is 0 Å². The molecular weight excluding hydrogens is 244 g/mol. The van der Waals surface area contributed by atoms with Crippen LogP contribution in [0.5, 0.6) is 0 Å². The number of nitrogens with zero attached hydrogens (tertiary/aromatic N) is 1. The number of benzene rings is 1. The fourth-order valence-electron chi connectivity index (χ4n) is 2.69. The Labute approximate surface area is 112 Å². The topological polar surface area (TPSA) is 28.7 Å². The summed E-state index contributed by atoms with van der Waals surface area (Å²) in [7, 11) is 0. The molecule has 1 aromatic carbocycles. The summed E-state index contributed by atoms with van der Waals surface area (Å²) in [5.74, 6) is 0. The number of fused-ring (bicyclic) bond motifs is 1. The fourth-order valence-corrected chi connectivity index (χ4v) is 2.90. The Hall–Kier alpha value is -1.28. The Morgan fingerprint density at radius 1 is 1.11 bits per heavy atom. The van der Waals surface area contributed by atoms with Crippen LogP contribution in [0, 0.1) is 0 Å². The van der Waals surface area contributed by atoms with Crippen LogP contribution in [-0.2, 0) is 19.3 Å². The molecule has 0 atom stereocenters. The molecule has 3 heteroatoms. The van der Waals surface area contributed by atoms with E-state index < -0.39 is 0 Å². The van der Waals surface area contributed by atoms with Crippen molar-refractivity contribution in [1.82, 2.24) is 10.2 Å². The zero-order chi connectivity index (χ0) is 12.4. The minimum atomic E-state index is 0.836. The molecule has 0 bridgehead atoms. The van der Waals surface area contributed by atoms with E-state index in [1.807, 2.05) is 18.2 Å². The van der Waals surface area contributed by atoms with Crippen LogP contribution in [0.1, 0.15) is 41.8 Å². The lowest BCUT2D eigenvalue weighted by Crippen LogP contribution is -1.95. The Morgan fingerprint density at radius 3 is 2.83 bits per heavy atom. The molecule has 1 N–H and O–H groups in total. The minimum absolute atomic E-state index is 0.836. The van der Waals surface area contributed by atoms with Crippen LogP contribution in [0.2, 0.25) is 5.02 Å². The summed E-state index contributed by atoms with van der Waals surface area (Å²) in [6.45, 7) is 0. The lowest BCUT2D eigenvalue weighted by Gasteiger charge is -2.04. The van der Waals surface area contributed by atoms with Crippen LogP contribution in [0.15, 0.2) is 24.3 Å². The van der Waals surface area contributed by atoms with Gasteiger partial charge >= 0.3 is 0 Å². The van der Waals surface area contributed by atoms with Crippen molar-refractivity contribution in [2.45, 2.75) is 38.5 Å². The molecule has 1 aliphatic rings. The predicted molar refractivity (Wildman–Crippen MR) is 74.1 cm³/mol. The van der Waals surface area contributed by atoms with E-state index >= 15 is 0 Å². The van der Waals surface area contributed by atoms with E-state index in [1.165, 1.54) is 36.2 Å². The van der Waals surface area contributed by atoms with Crippen molar-refractivity contribution in [2.24, 2.45) is 0 Å². The van der Waals surface area contributed by atoms with Crippen molar-refractivity contribution in [3.8, 4) is 0 Å². The summed E-state index contributed by atoms with van der Waals surface area (Å²) in [6, 6.07) is 8.03. The smallest absolute Gasteiger partial charge is 0.0701 e.